The number of ether oxygens (including phenoxy) is 1. The number of nitrogens with zero attached hydrogens (tertiary/aromatic N) is 5. The summed E-state index contributed by atoms with van der Waals surface area (Å²) in [7, 11) is 0. The van der Waals surface area contributed by atoms with Crippen LogP contribution in [0.3, 0.4) is 0 Å². The maximum Gasteiger partial charge on any atom is 0.418 e. The number of anilines is 2. The Kier molecular flexibility index (Phi) is 7.81. The summed E-state index contributed by atoms with van der Waals surface area (Å²) in [5.74, 6) is -0.843. The van der Waals surface area contributed by atoms with Crippen LogP contribution in [0.5, 0.6) is 0 Å². The number of alkyl halides is 3. The second-order valence-corrected chi connectivity index (χ2v) is 9.42. The van der Waals surface area contributed by atoms with Gasteiger partial charge in [-0.05, 0) is 6.07 Å². The van der Waals surface area contributed by atoms with Crippen LogP contribution in [0.2, 0.25) is 5.02 Å². The number of Topliss-reactive ketones (excluding diaryl/α,β-unsaturated/α-hetero) is 1. The Labute approximate surface area is 212 Å². The summed E-state index contributed by atoms with van der Waals surface area (Å²) in [6.07, 6.45) is -1.11. The molecule has 4 rings (SSSR count). The molecule has 0 bridgehead atoms. The molecule has 0 spiro atoms. The Balaban J connectivity index is 1.40. The van der Waals surface area contributed by atoms with Gasteiger partial charge in [0.05, 0.1) is 35.0 Å². The highest BCUT2D eigenvalue weighted by Gasteiger charge is 2.34. The number of morpholine rings is 1. The molecule has 1 saturated heterocycles. The van der Waals surface area contributed by atoms with Crippen LogP contribution in [0.1, 0.15) is 50.0 Å². The number of ketones is 1. The summed E-state index contributed by atoms with van der Waals surface area (Å²) in [5.41, 5.74) is -0.824. The number of carbonyl (C=O) groups is 2. The molecule has 1 aliphatic heterocycles. The second-order valence-electron chi connectivity index (χ2n) is 7.95. The van der Waals surface area contributed by atoms with Crippen molar-refractivity contribution in [1.29, 1.82) is 0 Å². The van der Waals surface area contributed by atoms with Crippen molar-refractivity contribution in [2.45, 2.75) is 25.4 Å². The van der Waals surface area contributed by atoms with Gasteiger partial charge < -0.3 is 15.0 Å². The molecule has 1 atom stereocenters. The summed E-state index contributed by atoms with van der Waals surface area (Å²) in [4.78, 5) is 43.8. The predicted molar refractivity (Wildman–Crippen MR) is 127 cm³/mol. The zero-order valence-electron chi connectivity index (χ0n) is 18.9. The highest BCUT2D eigenvalue weighted by atomic mass is 35.5. The van der Waals surface area contributed by atoms with E-state index in [1.54, 1.807) is 13.0 Å². The van der Waals surface area contributed by atoms with E-state index >= 15 is 0 Å². The third-order valence-corrected chi connectivity index (χ3v) is 6.87. The highest BCUT2D eigenvalue weighted by molar-refractivity contribution is 7.13. The van der Waals surface area contributed by atoms with Crippen LogP contribution in [0.25, 0.3) is 0 Å². The minimum Gasteiger partial charge on any atom is -0.378 e. The molecule has 0 saturated carbocycles. The number of hydrogen-bond donors (Lipinski definition) is 1. The number of hydrogen-bond acceptors (Lipinski definition) is 9. The Hall–Kier alpha value is -3.16. The van der Waals surface area contributed by atoms with E-state index < -0.39 is 22.7 Å². The molecule has 190 valence electrons. The van der Waals surface area contributed by atoms with Crippen LogP contribution in [0, 0.1) is 0 Å². The first kappa shape index (κ1) is 25.9. The minimum atomic E-state index is -4.69. The Morgan fingerprint density at radius 3 is 2.64 bits per heavy atom. The van der Waals surface area contributed by atoms with Crippen LogP contribution in [-0.4, -0.2) is 57.9 Å². The molecule has 1 amide bonds. The smallest absolute Gasteiger partial charge is 0.378 e. The number of nitrogens with one attached hydrogen (secondary N) is 1. The fourth-order valence-corrected chi connectivity index (χ4v) is 4.53. The number of halogens is 4. The molecule has 0 aromatic carbocycles. The van der Waals surface area contributed by atoms with Gasteiger partial charge in [0.1, 0.15) is 28.5 Å². The molecule has 9 nitrogen and oxygen atoms in total. The van der Waals surface area contributed by atoms with Crippen LogP contribution in [0.15, 0.2) is 30.9 Å². The quantitative estimate of drug-likeness (QED) is 0.437. The average molecular weight is 541 g/mol. The minimum absolute atomic E-state index is 0.0990. The predicted octanol–water partition coefficient (Wildman–Crippen LogP) is 4.47. The summed E-state index contributed by atoms with van der Waals surface area (Å²) in [5, 5.41) is 2.27. The maximum atomic E-state index is 13.0. The fourth-order valence-electron chi connectivity index (χ4n) is 3.46. The van der Waals surface area contributed by atoms with Crippen LogP contribution in [0.4, 0.5) is 24.8 Å². The van der Waals surface area contributed by atoms with Crippen molar-refractivity contribution >= 4 is 46.3 Å². The van der Waals surface area contributed by atoms with Gasteiger partial charge in [0.25, 0.3) is 5.91 Å². The van der Waals surface area contributed by atoms with Gasteiger partial charge in [-0.15, -0.1) is 11.3 Å². The normalized spacial score (nSPS) is 15.0. The van der Waals surface area contributed by atoms with Crippen molar-refractivity contribution in [2.24, 2.45) is 0 Å². The zero-order chi connectivity index (χ0) is 25.9. The lowest BCUT2D eigenvalue weighted by Crippen LogP contribution is -2.36. The number of pyridine rings is 1. The molecule has 0 radical (unpaired) electrons. The topological polar surface area (TPSA) is 110 Å². The van der Waals surface area contributed by atoms with E-state index in [1.807, 2.05) is 4.90 Å². The van der Waals surface area contributed by atoms with E-state index in [2.05, 4.69) is 25.3 Å². The van der Waals surface area contributed by atoms with Crippen LogP contribution >= 0.6 is 22.9 Å². The van der Waals surface area contributed by atoms with Crippen molar-refractivity contribution in [2.75, 3.05) is 36.5 Å². The van der Waals surface area contributed by atoms with Gasteiger partial charge in [-0.3, -0.25) is 9.59 Å². The Bertz CT molecular complexity index is 1270. The lowest BCUT2D eigenvalue weighted by molar-refractivity contribution is -0.137. The summed E-state index contributed by atoms with van der Waals surface area (Å²) in [6, 6.07) is 2.31. The third-order valence-electron chi connectivity index (χ3n) is 5.34. The Morgan fingerprint density at radius 1 is 1.17 bits per heavy atom. The third kappa shape index (κ3) is 6.15. The molecule has 14 heteroatoms. The van der Waals surface area contributed by atoms with Gasteiger partial charge in [-0.1, -0.05) is 18.5 Å². The van der Waals surface area contributed by atoms with Crippen molar-refractivity contribution in [3.8, 4) is 0 Å². The van der Waals surface area contributed by atoms with E-state index in [1.165, 1.54) is 12.5 Å². The van der Waals surface area contributed by atoms with Crippen LogP contribution in [-0.2, 0) is 10.9 Å². The molecular weight excluding hydrogens is 521 g/mol. The second kappa shape index (κ2) is 10.8. The Morgan fingerprint density at radius 2 is 1.92 bits per heavy atom. The molecule has 3 aromatic heterocycles. The zero-order valence-corrected chi connectivity index (χ0v) is 20.5. The summed E-state index contributed by atoms with van der Waals surface area (Å²) < 4.78 is 44.5. The molecule has 1 fully saturated rings. The lowest BCUT2D eigenvalue weighted by Gasteiger charge is -2.27. The first-order chi connectivity index (χ1) is 17.1. The number of carbonyl (C=O) groups excluding carboxylic acids is 2. The monoisotopic (exact) mass is 540 g/mol. The molecular formula is C22H20ClF3N6O3S. The largest absolute Gasteiger partial charge is 0.418 e. The van der Waals surface area contributed by atoms with Gasteiger partial charge in [0, 0.05) is 37.7 Å². The SMILES string of the molecule is CC(CC(=O)c1cc(N2CCOCC2)ncn1)c1ncc(C(=O)Nc2cc(C(F)(F)F)c(Cl)cn2)s1. The van der Waals surface area contributed by atoms with Gasteiger partial charge in [0.2, 0.25) is 0 Å². The molecule has 3 aromatic rings. The molecule has 4 heterocycles. The lowest BCUT2D eigenvalue weighted by atomic mass is 10.0. The molecule has 36 heavy (non-hydrogen) atoms. The van der Waals surface area contributed by atoms with Crippen molar-refractivity contribution in [3.63, 3.8) is 0 Å². The van der Waals surface area contributed by atoms with Gasteiger partial charge >= 0.3 is 6.18 Å². The van der Waals surface area contributed by atoms with Crippen LogP contribution < -0.4 is 10.2 Å². The van der Waals surface area contributed by atoms with Crippen molar-refractivity contribution < 1.29 is 27.5 Å². The number of amides is 1. The average Bonchev–Trinajstić information content (AvgIpc) is 3.36. The molecule has 1 unspecified atom stereocenters. The van der Waals surface area contributed by atoms with Gasteiger partial charge in [-0.2, -0.15) is 13.2 Å². The number of rotatable bonds is 7. The van der Waals surface area contributed by atoms with Crippen molar-refractivity contribution in [3.05, 3.63) is 57.0 Å². The molecule has 1 aliphatic rings. The van der Waals surface area contributed by atoms with E-state index in [4.69, 9.17) is 16.3 Å². The van der Waals surface area contributed by atoms with Crippen molar-refractivity contribution in [1.82, 2.24) is 19.9 Å². The standard InChI is InChI=1S/C22H20ClF3N6O3S/c1-12(6-16(33)15-8-19(30-11-29-15)32-2-4-35-5-3-32)21-28-10-17(36-21)20(34)31-18-7-13(22(24,25)26)14(23)9-27-18/h7-12H,2-6H2,1H3,(H,27,31,34). The van der Waals surface area contributed by atoms with E-state index in [0.717, 1.165) is 17.5 Å². The first-order valence-corrected chi connectivity index (χ1v) is 12.0. The van der Waals surface area contributed by atoms with E-state index in [0.29, 0.717) is 43.2 Å². The fraction of sp³-hybridized carbons (Fsp3) is 0.364. The summed E-state index contributed by atoms with van der Waals surface area (Å²) >= 11 is 6.60. The molecule has 1 N–H and O–H groups in total. The maximum absolute atomic E-state index is 13.0. The van der Waals surface area contributed by atoms with Gasteiger partial charge in [-0.25, -0.2) is 19.9 Å². The first-order valence-electron chi connectivity index (χ1n) is 10.8. The number of aromatic nitrogens is 4. The van der Waals surface area contributed by atoms with Gasteiger partial charge in [0.15, 0.2) is 5.78 Å². The van der Waals surface area contributed by atoms with E-state index in [9.17, 15) is 22.8 Å². The number of thiazole rings is 1. The summed E-state index contributed by atoms with van der Waals surface area (Å²) in [6.45, 7) is 4.31. The molecule has 0 aliphatic carbocycles. The highest BCUT2D eigenvalue weighted by Crippen LogP contribution is 2.35. The van der Waals surface area contributed by atoms with E-state index in [-0.39, 0.29) is 34.5 Å².